The molecule has 0 saturated heterocycles. The lowest BCUT2D eigenvalue weighted by Gasteiger charge is -2.16. The number of carboxylic acid groups (broad SMARTS) is 1. The minimum atomic E-state index is -0.770. The minimum absolute atomic E-state index is 0.0161. The molecule has 0 spiro atoms. The van der Waals surface area contributed by atoms with Crippen LogP contribution in [0, 0.1) is 11.8 Å². The maximum atomic E-state index is 12.0. The second kappa shape index (κ2) is 6.59. The molecule has 1 aromatic rings. The number of nitrogens with one attached hydrogen (secondary N) is 1. The topological polar surface area (TPSA) is 66.4 Å². The number of hydrogen-bond acceptors (Lipinski definition) is 2. The molecule has 1 aliphatic rings. The molecule has 6 heteroatoms. The van der Waals surface area contributed by atoms with E-state index >= 15 is 0 Å². The molecule has 0 aliphatic heterocycles. The van der Waals surface area contributed by atoms with Gasteiger partial charge in [-0.25, -0.2) is 0 Å². The van der Waals surface area contributed by atoms with Crippen molar-refractivity contribution >= 4 is 39.4 Å². The van der Waals surface area contributed by atoms with E-state index in [-0.39, 0.29) is 17.7 Å². The molecule has 20 heavy (non-hydrogen) atoms. The van der Waals surface area contributed by atoms with Crippen LogP contribution in [0.5, 0.6) is 0 Å². The first-order valence-electron chi connectivity index (χ1n) is 6.45. The molecule has 2 rings (SSSR count). The number of aliphatic carboxylic acids is 1. The Bertz CT molecular complexity index is 535. The Balaban J connectivity index is 1.95. The number of carbonyl (C=O) groups is 2. The van der Waals surface area contributed by atoms with E-state index in [0.29, 0.717) is 23.6 Å². The predicted molar refractivity (Wildman–Crippen MR) is 80.0 cm³/mol. The van der Waals surface area contributed by atoms with Crippen LogP contribution in [-0.4, -0.2) is 23.5 Å². The molecule has 2 N–H and O–H groups in total. The first-order chi connectivity index (χ1) is 9.49. The summed E-state index contributed by atoms with van der Waals surface area (Å²) < 4.78 is 0.734. The van der Waals surface area contributed by atoms with Crippen LogP contribution in [0.25, 0.3) is 0 Å². The van der Waals surface area contributed by atoms with Crippen LogP contribution in [0.4, 0.5) is 0 Å². The molecule has 0 bridgehead atoms. The Morgan fingerprint density at radius 2 is 2.15 bits per heavy atom. The molecule has 1 fully saturated rings. The summed E-state index contributed by atoms with van der Waals surface area (Å²) in [7, 11) is 0. The van der Waals surface area contributed by atoms with E-state index in [1.54, 1.807) is 18.2 Å². The molecule has 1 aromatic carbocycles. The van der Waals surface area contributed by atoms with Gasteiger partial charge in [0.05, 0.1) is 10.9 Å². The summed E-state index contributed by atoms with van der Waals surface area (Å²) in [6.07, 6.45) is 2.44. The number of halogens is 2. The quantitative estimate of drug-likeness (QED) is 0.865. The van der Waals surface area contributed by atoms with Gasteiger partial charge in [0.2, 0.25) is 0 Å². The summed E-state index contributed by atoms with van der Waals surface area (Å²) in [6.45, 7) is 0.392. The lowest BCUT2D eigenvalue weighted by molar-refractivity contribution is -0.142. The van der Waals surface area contributed by atoms with Crippen molar-refractivity contribution in [3.8, 4) is 0 Å². The van der Waals surface area contributed by atoms with Gasteiger partial charge in [-0.1, -0.05) is 18.0 Å². The first-order valence-corrected chi connectivity index (χ1v) is 7.62. The van der Waals surface area contributed by atoms with Gasteiger partial charge >= 0.3 is 5.97 Å². The number of carboxylic acids is 1. The smallest absolute Gasteiger partial charge is 0.306 e. The Hall–Kier alpha value is -1.07. The fraction of sp³-hybridized carbons (Fsp3) is 0.429. The highest BCUT2D eigenvalue weighted by Gasteiger charge is 2.32. The Morgan fingerprint density at radius 1 is 1.40 bits per heavy atom. The fourth-order valence-corrected chi connectivity index (χ4v) is 3.00. The highest BCUT2D eigenvalue weighted by Crippen LogP contribution is 2.31. The Kier molecular flexibility index (Phi) is 5.05. The molecule has 0 heterocycles. The van der Waals surface area contributed by atoms with Crippen molar-refractivity contribution in [3.05, 3.63) is 33.3 Å². The second-order valence-electron chi connectivity index (χ2n) is 4.97. The van der Waals surface area contributed by atoms with E-state index in [2.05, 4.69) is 21.2 Å². The van der Waals surface area contributed by atoms with Gasteiger partial charge < -0.3 is 10.4 Å². The van der Waals surface area contributed by atoms with E-state index < -0.39 is 5.97 Å². The minimum Gasteiger partial charge on any atom is -0.481 e. The van der Waals surface area contributed by atoms with Crippen molar-refractivity contribution in [2.45, 2.75) is 19.3 Å². The average Bonchev–Trinajstić information content (AvgIpc) is 2.87. The highest BCUT2D eigenvalue weighted by molar-refractivity contribution is 9.10. The van der Waals surface area contributed by atoms with Gasteiger partial charge in [-0.05, 0) is 52.9 Å². The normalized spacial score (nSPS) is 21.7. The van der Waals surface area contributed by atoms with Crippen LogP contribution in [0.15, 0.2) is 22.7 Å². The Morgan fingerprint density at radius 3 is 2.80 bits per heavy atom. The number of carbonyl (C=O) groups excluding carboxylic acids is 1. The van der Waals surface area contributed by atoms with Crippen molar-refractivity contribution in [2.24, 2.45) is 11.8 Å². The first kappa shape index (κ1) is 15.3. The van der Waals surface area contributed by atoms with E-state index in [1.165, 1.54) is 0 Å². The van der Waals surface area contributed by atoms with Crippen LogP contribution in [0.3, 0.4) is 0 Å². The third-order valence-electron chi connectivity index (χ3n) is 3.68. The molecule has 0 radical (unpaired) electrons. The van der Waals surface area contributed by atoms with E-state index in [0.717, 1.165) is 17.3 Å². The predicted octanol–water partition coefficient (Wildman–Crippen LogP) is 3.33. The molecule has 4 nitrogen and oxygen atoms in total. The lowest BCUT2D eigenvalue weighted by Crippen LogP contribution is -2.33. The summed E-state index contributed by atoms with van der Waals surface area (Å²) in [6, 6.07) is 4.98. The molecule has 108 valence electrons. The Labute approximate surface area is 130 Å². The zero-order valence-corrected chi connectivity index (χ0v) is 13.1. The van der Waals surface area contributed by atoms with Crippen molar-refractivity contribution in [1.82, 2.24) is 5.32 Å². The summed E-state index contributed by atoms with van der Waals surface area (Å²) >= 11 is 9.21. The summed E-state index contributed by atoms with van der Waals surface area (Å²) in [5.74, 6) is -1.32. The number of benzene rings is 1. The third kappa shape index (κ3) is 3.52. The molecule has 1 aliphatic carbocycles. The second-order valence-corrected chi connectivity index (χ2v) is 6.24. The van der Waals surface area contributed by atoms with Gasteiger partial charge in [0.1, 0.15) is 0 Å². The maximum absolute atomic E-state index is 12.0. The monoisotopic (exact) mass is 359 g/mol. The average molecular weight is 361 g/mol. The van der Waals surface area contributed by atoms with Gasteiger partial charge in [0.25, 0.3) is 5.91 Å². The summed E-state index contributed by atoms with van der Waals surface area (Å²) in [4.78, 5) is 23.1. The van der Waals surface area contributed by atoms with Gasteiger partial charge in [-0.2, -0.15) is 0 Å². The van der Waals surface area contributed by atoms with Crippen molar-refractivity contribution in [1.29, 1.82) is 0 Å². The number of amides is 1. The van der Waals surface area contributed by atoms with E-state index in [1.807, 2.05) is 0 Å². The van der Waals surface area contributed by atoms with Crippen molar-refractivity contribution in [3.63, 3.8) is 0 Å². The van der Waals surface area contributed by atoms with Crippen LogP contribution in [-0.2, 0) is 4.79 Å². The lowest BCUT2D eigenvalue weighted by atomic mass is 9.96. The maximum Gasteiger partial charge on any atom is 0.306 e. The van der Waals surface area contributed by atoms with Crippen LogP contribution in [0.1, 0.15) is 29.6 Å². The highest BCUT2D eigenvalue weighted by atomic mass is 79.9. The van der Waals surface area contributed by atoms with Gasteiger partial charge in [0.15, 0.2) is 0 Å². The molecule has 1 saturated carbocycles. The van der Waals surface area contributed by atoms with E-state index in [4.69, 9.17) is 16.7 Å². The van der Waals surface area contributed by atoms with Crippen LogP contribution < -0.4 is 5.32 Å². The van der Waals surface area contributed by atoms with Crippen LogP contribution in [0.2, 0.25) is 5.02 Å². The van der Waals surface area contributed by atoms with Crippen LogP contribution >= 0.6 is 27.5 Å². The zero-order chi connectivity index (χ0) is 14.7. The molecule has 2 unspecified atom stereocenters. The number of hydrogen-bond donors (Lipinski definition) is 2. The van der Waals surface area contributed by atoms with Gasteiger partial charge in [0, 0.05) is 16.6 Å². The SMILES string of the molecule is O=C(NCC1CCCC1C(=O)O)c1ccc(Br)c(Cl)c1. The largest absolute Gasteiger partial charge is 0.481 e. The fourth-order valence-electron chi connectivity index (χ4n) is 2.57. The van der Waals surface area contributed by atoms with Crippen molar-refractivity contribution < 1.29 is 14.7 Å². The number of rotatable bonds is 4. The van der Waals surface area contributed by atoms with Crippen molar-refractivity contribution in [2.75, 3.05) is 6.54 Å². The standard InChI is InChI=1S/C14H15BrClNO3/c15-11-5-4-8(6-12(11)16)13(18)17-7-9-2-1-3-10(9)14(19)20/h4-6,9-10H,1-3,7H2,(H,17,18)(H,19,20). The van der Waals surface area contributed by atoms with E-state index in [9.17, 15) is 9.59 Å². The summed E-state index contributed by atoms with van der Waals surface area (Å²) in [5, 5.41) is 12.4. The third-order valence-corrected chi connectivity index (χ3v) is 4.92. The molecule has 2 atom stereocenters. The molecular weight excluding hydrogens is 346 g/mol. The van der Waals surface area contributed by atoms with Gasteiger partial charge in [-0.15, -0.1) is 0 Å². The molecule has 0 aromatic heterocycles. The molecular formula is C14H15BrClNO3. The molecule has 1 amide bonds. The summed E-state index contributed by atoms with van der Waals surface area (Å²) in [5.41, 5.74) is 0.475. The van der Waals surface area contributed by atoms with Gasteiger partial charge in [-0.3, -0.25) is 9.59 Å². The zero-order valence-electron chi connectivity index (χ0n) is 10.7.